The van der Waals surface area contributed by atoms with Gasteiger partial charge in [-0.25, -0.2) is 0 Å². The Morgan fingerprint density at radius 3 is 0.722 bits per heavy atom. The van der Waals surface area contributed by atoms with E-state index in [1.165, 1.54) is 44.5 Å². The van der Waals surface area contributed by atoms with Gasteiger partial charge in [0.25, 0.3) is 0 Å². The van der Waals surface area contributed by atoms with Crippen molar-refractivity contribution in [3.63, 3.8) is 0 Å². The summed E-state index contributed by atoms with van der Waals surface area (Å²) in [6, 6.07) is 0. The number of aliphatic hydroxyl groups is 4. The molecule has 0 saturated heterocycles. The minimum atomic E-state index is -0.612. The fraction of sp³-hybridized carbons (Fsp3) is 0.625. The normalized spacial score (nSPS) is 32.3. The largest absolute Gasteiger partial charge is 0.385 e. The van der Waals surface area contributed by atoms with Crippen LogP contribution in [0.4, 0.5) is 0 Å². The van der Waals surface area contributed by atoms with E-state index in [4.69, 9.17) is 0 Å². The van der Waals surface area contributed by atoms with Gasteiger partial charge >= 0.3 is 0 Å². The van der Waals surface area contributed by atoms with Crippen LogP contribution in [0.5, 0.6) is 0 Å². The fourth-order valence-corrected chi connectivity index (χ4v) is 7.97. The van der Waals surface area contributed by atoms with E-state index in [1.807, 2.05) is 27.7 Å². The Bertz CT molecular complexity index is 1060. The van der Waals surface area contributed by atoms with E-state index in [0.717, 1.165) is 73.6 Å². The maximum absolute atomic E-state index is 10.5. The standard InChI is InChI=1S/2C16H22O2/c2*1-5-15(17)7-11-10(4)14-12(9(3)13(11)15)8-16(14,18)6-2/h2*17-18H,5-8H2,1-4H3/t2*15-,16+. The van der Waals surface area contributed by atoms with Gasteiger partial charge in [0.05, 0.1) is 22.4 Å². The zero-order chi connectivity index (χ0) is 26.6. The van der Waals surface area contributed by atoms with E-state index >= 15 is 0 Å². The summed E-state index contributed by atoms with van der Waals surface area (Å²) in [5.74, 6) is 0. The van der Waals surface area contributed by atoms with Crippen LogP contribution in [0, 0.1) is 27.7 Å². The number of hydrogen-bond donors (Lipinski definition) is 4. The van der Waals surface area contributed by atoms with Crippen LogP contribution in [0.25, 0.3) is 0 Å². The molecule has 2 aromatic carbocycles. The summed E-state index contributed by atoms with van der Waals surface area (Å²) >= 11 is 0. The van der Waals surface area contributed by atoms with Crippen molar-refractivity contribution in [3.05, 3.63) is 66.8 Å². The highest BCUT2D eigenvalue weighted by Crippen LogP contribution is 2.55. The van der Waals surface area contributed by atoms with E-state index in [0.29, 0.717) is 0 Å². The molecule has 0 radical (unpaired) electrons. The minimum Gasteiger partial charge on any atom is -0.385 e. The summed E-state index contributed by atoms with van der Waals surface area (Å²) in [7, 11) is 0. The lowest BCUT2D eigenvalue weighted by Crippen LogP contribution is -2.46. The molecule has 0 saturated carbocycles. The Hall–Kier alpha value is -1.72. The third kappa shape index (κ3) is 3.02. The van der Waals surface area contributed by atoms with Crippen molar-refractivity contribution in [1.82, 2.24) is 0 Å². The van der Waals surface area contributed by atoms with Gasteiger partial charge in [-0.1, -0.05) is 27.7 Å². The summed E-state index contributed by atoms with van der Waals surface area (Å²) in [4.78, 5) is 0. The molecule has 0 aromatic heterocycles. The highest BCUT2D eigenvalue weighted by Gasteiger charge is 2.51. The van der Waals surface area contributed by atoms with E-state index in [-0.39, 0.29) is 0 Å². The summed E-state index contributed by atoms with van der Waals surface area (Å²) in [5.41, 5.74) is 12.2. The molecule has 0 heterocycles. The second kappa shape index (κ2) is 7.89. The number of hydrogen-bond acceptors (Lipinski definition) is 4. The van der Waals surface area contributed by atoms with Gasteiger partial charge < -0.3 is 20.4 Å². The van der Waals surface area contributed by atoms with Crippen molar-refractivity contribution in [2.24, 2.45) is 0 Å². The molecule has 2 aromatic rings. The van der Waals surface area contributed by atoms with Crippen LogP contribution in [-0.4, -0.2) is 20.4 Å². The van der Waals surface area contributed by atoms with E-state index in [1.54, 1.807) is 0 Å². The predicted octanol–water partition coefficient (Wildman–Crippen LogP) is 5.22. The third-order valence-electron chi connectivity index (χ3n) is 10.6. The molecule has 0 fully saturated rings. The lowest BCUT2D eigenvalue weighted by molar-refractivity contribution is -0.00458. The van der Waals surface area contributed by atoms with Gasteiger partial charge in [-0.05, 0) is 120 Å². The smallest absolute Gasteiger partial charge is 0.0939 e. The van der Waals surface area contributed by atoms with Gasteiger partial charge in [0.2, 0.25) is 0 Å². The van der Waals surface area contributed by atoms with Crippen LogP contribution in [0.1, 0.15) is 120 Å². The fourth-order valence-electron chi connectivity index (χ4n) is 7.97. The Labute approximate surface area is 216 Å². The third-order valence-corrected chi connectivity index (χ3v) is 10.6. The number of benzene rings is 2. The maximum Gasteiger partial charge on any atom is 0.0939 e. The summed E-state index contributed by atoms with van der Waals surface area (Å²) in [6.45, 7) is 16.6. The summed E-state index contributed by atoms with van der Waals surface area (Å²) in [5, 5.41) is 42.2. The van der Waals surface area contributed by atoms with Gasteiger partial charge in [-0.2, -0.15) is 0 Å². The quantitative estimate of drug-likeness (QED) is 0.472. The topological polar surface area (TPSA) is 80.9 Å². The lowest BCUT2D eigenvalue weighted by Gasteiger charge is -2.49. The molecule has 0 spiro atoms. The Morgan fingerprint density at radius 2 is 0.583 bits per heavy atom. The highest BCUT2D eigenvalue weighted by molar-refractivity contribution is 5.65. The molecule has 6 rings (SSSR count). The second-order valence-electron chi connectivity index (χ2n) is 12.2. The van der Waals surface area contributed by atoms with Gasteiger partial charge in [-0.3, -0.25) is 0 Å². The van der Waals surface area contributed by atoms with Crippen molar-refractivity contribution in [1.29, 1.82) is 0 Å². The zero-order valence-electron chi connectivity index (χ0n) is 23.4. The lowest BCUT2D eigenvalue weighted by atomic mass is 9.59. The van der Waals surface area contributed by atoms with Crippen molar-refractivity contribution in [3.8, 4) is 0 Å². The first-order valence-corrected chi connectivity index (χ1v) is 14.0. The molecule has 0 bridgehead atoms. The zero-order valence-corrected chi connectivity index (χ0v) is 23.4. The molecule has 196 valence electrons. The van der Waals surface area contributed by atoms with Crippen LogP contribution >= 0.6 is 0 Å². The molecule has 0 aliphatic heterocycles. The van der Waals surface area contributed by atoms with Gasteiger partial charge in [-0.15, -0.1) is 0 Å². The van der Waals surface area contributed by atoms with Gasteiger partial charge in [0.15, 0.2) is 0 Å². The van der Waals surface area contributed by atoms with Crippen molar-refractivity contribution in [2.75, 3.05) is 0 Å². The van der Waals surface area contributed by atoms with Crippen LogP contribution in [0.2, 0.25) is 0 Å². The molecule has 4 atom stereocenters. The van der Waals surface area contributed by atoms with Crippen LogP contribution in [-0.2, 0) is 48.1 Å². The molecule has 0 unspecified atom stereocenters. The molecule has 0 amide bonds. The first-order valence-electron chi connectivity index (χ1n) is 14.0. The van der Waals surface area contributed by atoms with Crippen LogP contribution in [0.15, 0.2) is 0 Å². The molecule has 4 aliphatic carbocycles. The highest BCUT2D eigenvalue weighted by atomic mass is 16.3. The second-order valence-corrected chi connectivity index (χ2v) is 12.2. The first kappa shape index (κ1) is 25.9. The van der Waals surface area contributed by atoms with Gasteiger partial charge in [0.1, 0.15) is 0 Å². The predicted molar refractivity (Wildman–Crippen MR) is 143 cm³/mol. The van der Waals surface area contributed by atoms with Crippen molar-refractivity contribution < 1.29 is 20.4 Å². The summed E-state index contributed by atoms with van der Waals surface area (Å²) < 4.78 is 0. The number of fused-ring (bicyclic) bond motifs is 4. The molecule has 4 heteroatoms. The molecule has 4 nitrogen and oxygen atoms in total. The molecular weight excluding hydrogens is 448 g/mol. The molecular formula is C32H44O4. The Morgan fingerprint density at radius 1 is 0.417 bits per heavy atom. The van der Waals surface area contributed by atoms with Gasteiger partial charge in [0, 0.05) is 25.7 Å². The molecule has 4 N–H and O–H groups in total. The minimum absolute atomic E-state index is 0.612. The monoisotopic (exact) mass is 492 g/mol. The maximum atomic E-state index is 10.5. The van der Waals surface area contributed by atoms with Crippen molar-refractivity contribution in [2.45, 2.75) is 129 Å². The molecule has 4 aliphatic rings. The molecule has 36 heavy (non-hydrogen) atoms. The SMILES string of the molecule is CC[C@@]1(O)Cc2c(C)c3c(c(C)c21)C[C@@]3(O)CC.CC[C@@]1(O)Cc2c(C)c3c(c(C)c21)C[C@@]3(O)CC. The van der Waals surface area contributed by atoms with E-state index in [9.17, 15) is 20.4 Å². The first-order chi connectivity index (χ1) is 16.8. The van der Waals surface area contributed by atoms with Crippen molar-refractivity contribution >= 4 is 0 Å². The number of rotatable bonds is 4. The Balaban J connectivity index is 0.000000148. The van der Waals surface area contributed by atoms with E-state index < -0.39 is 22.4 Å². The van der Waals surface area contributed by atoms with Crippen LogP contribution < -0.4 is 0 Å². The average Bonchev–Trinajstić information content (AvgIpc) is 2.80. The van der Waals surface area contributed by atoms with E-state index in [2.05, 4.69) is 27.7 Å². The average molecular weight is 493 g/mol. The summed E-state index contributed by atoms with van der Waals surface area (Å²) in [6.07, 6.45) is 6.09. The Kier molecular flexibility index (Phi) is 5.68. The van der Waals surface area contributed by atoms with Crippen LogP contribution in [0.3, 0.4) is 0 Å².